The van der Waals surface area contributed by atoms with Crippen molar-refractivity contribution in [3.8, 4) is 0 Å². The molecule has 4 saturated carbocycles. The number of rotatable bonds is 5. The number of hydrogen-bond acceptors (Lipinski definition) is 4. The van der Waals surface area contributed by atoms with E-state index in [-0.39, 0.29) is 11.8 Å². The second-order valence-electron chi connectivity index (χ2n) is 16.3. The van der Waals surface area contributed by atoms with Crippen molar-refractivity contribution in [1.29, 1.82) is 0 Å². The molecule has 228 valence electrons. The lowest BCUT2D eigenvalue weighted by atomic mass is 9.44. The first-order valence-corrected chi connectivity index (χ1v) is 18.1. The van der Waals surface area contributed by atoms with E-state index in [1.54, 1.807) is 0 Å². The fourth-order valence-electron chi connectivity index (χ4n) is 12.0. The minimum absolute atomic E-state index is 0.0392. The molecule has 0 amide bonds. The molecule has 41 heavy (non-hydrogen) atoms. The molecular weight excluding hydrogens is 570 g/mol. The van der Waals surface area contributed by atoms with Gasteiger partial charge in [-0.3, -0.25) is 5.32 Å². The van der Waals surface area contributed by atoms with Gasteiger partial charge in [0.05, 0.1) is 6.10 Å². The van der Waals surface area contributed by atoms with Crippen LogP contribution in [0.5, 0.6) is 0 Å². The molecule has 0 aromatic heterocycles. The van der Waals surface area contributed by atoms with Gasteiger partial charge in [-0.05, 0) is 135 Å². The fourth-order valence-corrected chi connectivity index (χ4v) is 12.2. The lowest BCUT2D eigenvalue weighted by molar-refractivity contribution is -0.134. The summed E-state index contributed by atoms with van der Waals surface area (Å²) >= 11 is 3.54. The number of fused-ring (bicyclic) bond motifs is 7. The molecule has 2 heterocycles. The Morgan fingerprint density at radius 3 is 2.51 bits per heavy atom. The van der Waals surface area contributed by atoms with Crippen LogP contribution in [-0.2, 0) is 11.2 Å². The van der Waals surface area contributed by atoms with Crippen molar-refractivity contribution < 1.29 is 4.74 Å². The molecule has 0 bridgehead atoms. The highest BCUT2D eigenvalue weighted by Gasteiger charge is 2.68. The van der Waals surface area contributed by atoms with Crippen LogP contribution in [-0.4, -0.2) is 37.0 Å². The van der Waals surface area contributed by atoms with Crippen LogP contribution >= 0.6 is 15.9 Å². The minimum atomic E-state index is -0.0392. The molecule has 4 N–H and O–H groups in total. The Hall–Kier alpha value is -0.460. The number of halogens is 1. The summed E-state index contributed by atoms with van der Waals surface area (Å²) in [6, 6.07) is 9.44. The largest absolute Gasteiger partial charge is 0.357 e. The number of hydrogen-bond donors (Lipinski definition) is 3. The number of piperidine rings is 1. The van der Waals surface area contributed by atoms with Gasteiger partial charge in [0.1, 0.15) is 5.72 Å². The molecule has 1 aromatic rings. The first-order chi connectivity index (χ1) is 19.6. The second kappa shape index (κ2) is 10.9. The number of nitrogens with two attached hydrogens (primary N) is 1. The summed E-state index contributed by atoms with van der Waals surface area (Å²) in [5, 5.41) is 7.86. The predicted octanol–water partition coefficient (Wildman–Crippen LogP) is 7.30. The predicted molar refractivity (Wildman–Crippen MR) is 171 cm³/mol. The molecule has 1 aromatic carbocycles. The van der Waals surface area contributed by atoms with E-state index in [4.69, 9.17) is 10.5 Å². The van der Waals surface area contributed by atoms with E-state index in [1.165, 1.54) is 69.8 Å². The van der Waals surface area contributed by atoms with Gasteiger partial charge in [-0.1, -0.05) is 55.8 Å². The van der Waals surface area contributed by atoms with Crippen LogP contribution in [0.3, 0.4) is 0 Å². The summed E-state index contributed by atoms with van der Waals surface area (Å²) in [5.41, 5.74) is 8.86. The Morgan fingerprint density at radius 1 is 0.976 bits per heavy atom. The topological polar surface area (TPSA) is 59.3 Å². The van der Waals surface area contributed by atoms with Gasteiger partial charge >= 0.3 is 0 Å². The van der Waals surface area contributed by atoms with Crippen molar-refractivity contribution in [2.75, 3.05) is 13.1 Å². The fraction of sp³-hybridized carbons (Fsp3) is 0.833. The van der Waals surface area contributed by atoms with Crippen molar-refractivity contribution in [2.24, 2.45) is 58.0 Å². The van der Waals surface area contributed by atoms with Crippen molar-refractivity contribution in [3.63, 3.8) is 0 Å². The molecule has 6 aliphatic rings. The lowest BCUT2D eigenvalue weighted by Gasteiger charge is -2.61. The lowest BCUT2D eigenvalue weighted by Crippen LogP contribution is -2.58. The molecule has 1 spiro atoms. The second-order valence-corrected chi connectivity index (χ2v) is 17.2. The molecule has 4 aliphatic carbocycles. The normalized spacial score (nSPS) is 49.7. The smallest absolute Gasteiger partial charge is 0.122 e. The molecule has 6 fully saturated rings. The average molecular weight is 627 g/mol. The summed E-state index contributed by atoms with van der Waals surface area (Å²) in [5.74, 6) is 5.72. The first kappa shape index (κ1) is 29.3. The van der Waals surface area contributed by atoms with Gasteiger partial charge in [0.25, 0.3) is 0 Å². The minimum Gasteiger partial charge on any atom is -0.357 e. The van der Waals surface area contributed by atoms with E-state index in [0.29, 0.717) is 28.9 Å². The quantitative estimate of drug-likeness (QED) is 0.321. The van der Waals surface area contributed by atoms with Crippen molar-refractivity contribution in [1.82, 2.24) is 10.6 Å². The van der Waals surface area contributed by atoms with Crippen LogP contribution in [0.2, 0.25) is 0 Å². The van der Waals surface area contributed by atoms with E-state index >= 15 is 0 Å². The Kier molecular flexibility index (Phi) is 7.75. The van der Waals surface area contributed by atoms with Crippen LogP contribution in [0, 0.1) is 52.3 Å². The maximum absolute atomic E-state index is 7.11. The summed E-state index contributed by atoms with van der Waals surface area (Å²) in [7, 11) is 0. The van der Waals surface area contributed by atoms with Gasteiger partial charge in [-0.2, -0.15) is 0 Å². The first-order valence-electron chi connectivity index (χ1n) is 17.3. The van der Waals surface area contributed by atoms with Crippen molar-refractivity contribution in [3.05, 3.63) is 34.3 Å². The monoisotopic (exact) mass is 625 g/mol. The van der Waals surface area contributed by atoms with Gasteiger partial charge in [-0.15, -0.1) is 0 Å². The van der Waals surface area contributed by atoms with Crippen LogP contribution in [0.25, 0.3) is 0 Å². The Bertz CT molecular complexity index is 1090. The van der Waals surface area contributed by atoms with Crippen molar-refractivity contribution in [2.45, 2.75) is 122 Å². The standard InChI is InChI=1S/C36H56BrN3O/c1-22-11-16-36(40-20-22)23(2)33-32(41-36)19-31-29-10-7-25-18-28(12-14-34(25,3)30(29)13-15-35(31,33)4)39-21-27(38)17-24-5-8-26(37)9-6-24/h5-6,8-9,22-23,25,27-33,39-40H,7,10-21,38H2,1-4H3/t22-,23-,25-,27-,28?,29+,30-,31-,32-,33-,34-,35-,36-/m0/s1. The number of nitrogens with one attached hydrogen (secondary N) is 2. The zero-order chi connectivity index (χ0) is 28.6. The molecular formula is C36H56BrN3O. The van der Waals surface area contributed by atoms with Crippen LogP contribution in [0.15, 0.2) is 28.7 Å². The van der Waals surface area contributed by atoms with Gasteiger partial charge in [-0.25, -0.2) is 0 Å². The third-order valence-corrected chi connectivity index (χ3v) is 14.8. The van der Waals surface area contributed by atoms with Crippen LogP contribution in [0.1, 0.15) is 97.5 Å². The molecule has 5 heteroatoms. The van der Waals surface area contributed by atoms with Gasteiger partial charge in [0.15, 0.2) is 0 Å². The zero-order valence-electron chi connectivity index (χ0n) is 26.1. The van der Waals surface area contributed by atoms with E-state index < -0.39 is 0 Å². The summed E-state index contributed by atoms with van der Waals surface area (Å²) in [6.07, 6.45) is 15.1. The van der Waals surface area contributed by atoms with E-state index in [0.717, 1.165) is 59.5 Å². The van der Waals surface area contributed by atoms with Gasteiger partial charge in [0.2, 0.25) is 0 Å². The molecule has 0 radical (unpaired) electrons. The number of benzene rings is 1. The van der Waals surface area contributed by atoms with Gasteiger partial charge in [0, 0.05) is 35.6 Å². The maximum Gasteiger partial charge on any atom is 0.122 e. The highest BCUT2D eigenvalue weighted by Crippen LogP contribution is 2.71. The molecule has 2 saturated heterocycles. The van der Waals surface area contributed by atoms with E-state index in [2.05, 4.69) is 78.5 Å². The molecule has 2 aliphatic heterocycles. The summed E-state index contributed by atoms with van der Waals surface area (Å²) < 4.78 is 8.25. The van der Waals surface area contributed by atoms with Crippen LogP contribution < -0.4 is 16.4 Å². The average Bonchev–Trinajstić information content (AvgIpc) is 3.40. The molecule has 4 nitrogen and oxygen atoms in total. The Morgan fingerprint density at radius 2 is 1.76 bits per heavy atom. The summed E-state index contributed by atoms with van der Waals surface area (Å²) in [4.78, 5) is 0. The molecule has 13 atom stereocenters. The Balaban J connectivity index is 0.976. The maximum atomic E-state index is 7.11. The van der Waals surface area contributed by atoms with Crippen LogP contribution in [0.4, 0.5) is 0 Å². The Labute approximate surface area is 258 Å². The SMILES string of the molecule is C[C@H]1CC[C@]2(NC1)O[C@H]1C[C@H]3[C@@H]4CC[C@H]5CC(NC[C@@H](N)Cc6ccc(Br)cc6)CC[C@]5(C)[C@H]4CC[C@]3(C)[C@H]1[C@@H]2C. The number of ether oxygens (including phenoxy) is 1. The van der Waals surface area contributed by atoms with Gasteiger partial charge < -0.3 is 15.8 Å². The third kappa shape index (κ3) is 4.91. The highest BCUT2D eigenvalue weighted by atomic mass is 79.9. The third-order valence-electron chi connectivity index (χ3n) is 14.2. The van der Waals surface area contributed by atoms with Crippen molar-refractivity contribution >= 4 is 15.9 Å². The molecule has 7 rings (SSSR count). The van der Waals surface area contributed by atoms with E-state index in [9.17, 15) is 0 Å². The molecule has 1 unspecified atom stereocenters. The summed E-state index contributed by atoms with van der Waals surface area (Å²) in [6.45, 7) is 12.4. The van der Waals surface area contributed by atoms with E-state index in [1.807, 2.05) is 0 Å². The highest BCUT2D eigenvalue weighted by molar-refractivity contribution is 9.10. The zero-order valence-corrected chi connectivity index (χ0v) is 27.7.